The molecule has 4 heteroatoms. The van der Waals surface area contributed by atoms with Gasteiger partial charge in [-0.05, 0) is 6.92 Å². The third kappa shape index (κ3) is 1.86. The molecule has 2 heterocycles. The number of rotatable bonds is 0. The van der Waals surface area contributed by atoms with Gasteiger partial charge in [0.05, 0.1) is 5.69 Å². The molecule has 2 rings (SSSR count). The van der Waals surface area contributed by atoms with E-state index in [2.05, 4.69) is 43.0 Å². The van der Waals surface area contributed by atoms with Crippen LogP contribution in [0.4, 0.5) is 0 Å². The highest BCUT2D eigenvalue weighted by Crippen LogP contribution is 2.31. The highest BCUT2D eigenvalue weighted by molar-refractivity contribution is 6.30. The molecule has 1 unspecified atom stereocenters. The van der Waals surface area contributed by atoms with Gasteiger partial charge in [0, 0.05) is 23.6 Å². The van der Waals surface area contributed by atoms with Crippen molar-refractivity contribution in [3.05, 3.63) is 22.2 Å². The molecule has 0 saturated heterocycles. The van der Waals surface area contributed by atoms with Crippen molar-refractivity contribution in [3.63, 3.8) is 0 Å². The molecule has 0 aliphatic carbocycles. The first-order valence-electron chi connectivity index (χ1n) is 5.20. The van der Waals surface area contributed by atoms with Crippen molar-refractivity contribution >= 4 is 11.6 Å². The van der Waals surface area contributed by atoms with E-state index in [0.29, 0.717) is 5.15 Å². The standard InChI is InChI=1S/C11H16ClN3/c1-6-8-7(5-13-6)14-10(11(2,3)4)15-9(8)12/h6,13H,5H2,1-4H3. The minimum Gasteiger partial charge on any atom is -0.304 e. The molecule has 0 radical (unpaired) electrons. The van der Waals surface area contributed by atoms with Crippen molar-refractivity contribution in [2.75, 3.05) is 0 Å². The lowest BCUT2D eigenvalue weighted by Crippen LogP contribution is -2.17. The number of fused-ring (bicyclic) bond motifs is 1. The Morgan fingerprint density at radius 3 is 2.60 bits per heavy atom. The summed E-state index contributed by atoms with van der Waals surface area (Å²) in [6, 6.07) is 0.265. The van der Waals surface area contributed by atoms with Crippen LogP contribution in [-0.4, -0.2) is 9.97 Å². The Bertz CT molecular complexity index is 396. The van der Waals surface area contributed by atoms with E-state index in [0.717, 1.165) is 23.6 Å². The number of aromatic nitrogens is 2. The van der Waals surface area contributed by atoms with Crippen molar-refractivity contribution in [3.8, 4) is 0 Å². The third-order valence-corrected chi connectivity index (χ3v) is 2.95. The summed E-state index contributed by atoms with van der Waals surface area (Å²) in [5, 5.41) is 3.92. The molecule has 0 saturated carbocycles. The Hall–Kier alpha value is -0.670. The lowest BCUT2D eigenvalue weighted by atomic mass is 9.95. The number of hydrogen-bond acceptors (Lipinski definition) is 3. The molecule has 0 bridgehead atoms. The summed E-state index contributed by atoms with van der Waals surface area (Å²) in [6.45, 7) is 9.16. The van der Waals surface area contributed by atoms with E-state index in [4.69, 9.17) is 11.6 Å². The summed E-state index contributed by atoms with van der Waals surface area (Å²) in [4.78, 5) is 8.96. The van der Waals surface area contributed by atoms with Gasteiger partial charge in [-0.25, -0.2) is 9.97 Å². The Kier molecular flexibility index (Phi) is 2.47. The molecule has 0 fully saturated rings. The van der Waals surface area contributed by atoms with Crippen molar-refractivity contribution in [2.24, 2.45) is 0 Å². The average Bonchev–Trinajstić information content (AvgIpc) is 2.46. The van der Waals surface area contributed by atoms with Crippen LogP contribution in [-0.2, 0) is 12.0 Å². The van der Waals surface area contributed by atoms with Gasteiger partial charge in [-0.1, -0.05) is 32.4 Å². The SMILES string of the molecule is CC1NCc2nc(C(C)(C)C)nc(Cl)c21. The van der Waals surface area contributed by atoms with E-state index in [1.54, 1.807) is 0 Å². The summed E-state index contributed by atoms with van der Waals surface area (Å²) >= 11 is 6.18. The van der Waals surface area contributed by atoms with Gasteiger partial charge in [0.25, 0.3) is 0 Å². The highest BCUT2D eigenvalue weighted by atomic mass is 35.5. The number of nitrogens with one attached hydrogen (secondary N) is 1. The molecule has 1 atom stereocenters. The second-order valence-corrected chi connectivity index (χ2v) is 5.41. The number of hydrogen-bond donors (Lipinski definition) is 1. The maximum absolute atomic E-state index is 6.18. The molecule has 1 aliphatic heterocycles. The van der Waals surface area contributed by atoms with E-state index in [9.17, 15) is 0 Å². The van der Waals surface area contributed by atoms with Crippen molar-refractivity contribution < 1.29 is 0 Å². The Morgan fingerprint density at radius 2 is 2.00 bits per heavy atom. The smallest absolute Gasteiger partial charge is 0.137 e. The summed E-state index contributed by atoms with van der Waals surface area (Å²) in [6.07, 6.45) is 0. The molecular weight excluding hydrogens is 210 g/mol. The Balaban J connectivity index is 2.54. The van der Waals surface area contributed by atoms with Crippen LogP contribution in [0.25, 0.3) is 0 Å². The maximum Gasteiger partial charge on any atom is 0.137 e. The minimum atomic E-state index is -0.0511. The van der Waals surface area contributed by atoms with Gasteiger partial charge in [-0.3, -0.25) is 0 Å². The van der Waals surface area contributed by atoms with E-state index < -0.39 is 0 Å². The molecule has 0 spiro atoms. The number of nitrogens with zero attached hydrogens (tertiary/aromatic N) is 2. The zero-order valence-electron chi connectivity index (χ0n) is 9.56. The van der Waals surface area contributed by atoms with Gasteiger partial charge < -0.3 is 5.32 Å². The lowest BCUT2D eigenvalue weighted by molar-refractivity contribution is 0.541. The fourth-order valence-corrected chi connectivity index (χ4v) is 2.09. The van der Waals surface area contributed by atoms with E-state index in [1.807, 2.05) is 0 Å². The molecule has 0 aromatic carbocycles. The molecule has 82 valence electrons. The lowest BCUT2D eigenvalue weighted by Gasteiger charge is -2.18. The minimum absolute atomic E-state index is 0.0511. The van der Waals surface area contributed by atoms with Gasteiger partial charge in [0.1, 0.15) is 11.0 Å². The first kappa shape index (κ1) is 10.8. The van der Waals surface area contributed by atoms with Crippen LogP contribution in [0, 0.1) is 0 Å². The molecule has 3 nitrogen and oxygen atoms in total. The van der Waals surface area contributed by atoms with Crippen molar-refractivity contribution in [2.45, 2.75) is 45.7 Å². The number of halogens is 1. The summed E-state index contributed by atoms with van der Waals surface area (Å²) in [5.74, 6) is 0.821. The van der Waals surface area contributed by atoms with Crippen molar-refractivity contribution in [1.82, 2.24) is 15.3 Å². The third-order valence-electron chi connectivity index (χ3n) is 2.66. The predicted molar refractivity (Wildman–Crippen MR) is 61.0 cm³/mol. The second kappa shape index (κ2) is 3.42. The van der Waals surface area contributed by atoms with Crippen LogP contribution < -0.4 is 5.32 Å². The predicted octanol–water partition coefficient (Wildman–Crippen LogP) is 2.59. The van der Waals surface area contributed by atoms with Crippen LogP contribution in [0.1, 0.15) is 50.8 Å². The van der Waals surface area contributed by atoms with Crippen molar-refractivity contribution in [1.29, 1.82) is 0 Å². The Labute approximate surface area is 95.3 Å². The normalized spacial score (nSPS) is 20.5. The molecule has 1 N–H and O–H groups in total. The zero-order chi connectivity index (χ0) is 11.2. The van der Waals surface area contributed by atoms with E-state index >= 15 is 0 Å². The fourth-order valence-electron chi connectivity index (χ4n) is 1.74. The summed E-state index contributed by atoms with van der Waals surface area (Å²) in [5.41, 5.74) is 2.06. The van der Waals surface area contributed by atoms with Crippen LogP contribution >= 0.6 is 11.6 Å². The van der Waals surface area contributed by atoms with Gasteiger partial charge in [-0.2, -0.15) is 0 Å². The van der Waals surface area contributed by atoms with Gasteiger partial charge in [0.2, 0.25) is 0 Å². The molecule has 1 aliphatic rings. The molecular formula is C11H16ClN3. The second-order valence-electron chi connectivity index (χ2n) is 5.05. The highest BCUT2D eigenvalue weighted by Gasteiger charge is 2.27. The fraction of sp³-hybridized carbons (Fsp3) is 0.636. The quantitative estimate of drug-likeness (QED) is 0.690. The largest absolute Gasteiger partial charge is 0.304 e. The summed E-state index contributed by atoms with van der Waals surface area (Å²) < 4.78 is 0. The monoisotopic (exact) mass is 225 g/mol. The average molecular weight is 226 g/mol. The zero-order valence-corrected chi connectivity index (χ0v) is 10.3. The molecule has 15 heavy (non-hydrogen) atoms. The maximum atomic E-state index is 6.18. The first-order valence-corrected chi connectivity index (χ1v) is 5.57. The van der Waals surface area contributed by atoms with Gasteiger partial charge in [0.15, 0.2) is 0 Å². The first-order chi connectivity index (χ1) is 6.89. The van der Waals surface area contributed by atoms with Gasteiger partial charge >= 0.3 is 0 Å². The molecule has 0 amide bonds. The van der Waals surface area contributed by atoms with Crippen LogP contribution in [0.3, 0.4) is 0 Å². The van der Waals surface area contributed by atoms with Crippen LogP contribution in [0.5, 0.6) is 0 Å². The van der Waals surface area contributed by atoms with E-state index in [-0.39, 0.29) is 11.5 Å². The van der Waals surface area contributed by atoms with Crippen LogP contribution in [0.15, 0.2) is 0 Å². The molecule has 1 aromatic heterocycles. The van der Waals surface area contributed by atoms with Gasteiger partial charge in [-0.15, -0.1) is 0 Å². The topological polar surface area (TPSA) is 37.8 Å². The van der Waals surface area contributed by atoms with Crippen LogP contribution in [0.2, 0.25) is 5.15 Å². The summed E-state index contributed by atoms with van der Waals surface area (Å²) in [7, 11) is 0. The molecule has 1 aromatic rings. The van der Waals surface area contributed by atoms with E-state index in [1.165, 1.54) is 0 Å². The Morgan fingerprint density at radius 1 is 1.33 bits per heavy atom.